The van der Waals surface area contributed by atoms with Crippen molar-refractivity contribution in [2.75, 3.05) is 36.0 Å². The lowest BCUT2D eigenvalue weighted by Crippen LogP contribution is -2.47. The molecule has 6 nitrogen and oxygen atoms in total. The molecule has 5 rings (SSSR count). The first-order valence-electron chi connectivity index (χ1n) is 8.11. The number of benzene rings is 1. The van der Waals surface area contributed by atoms with Gasteiger partial charge in [-0.05, 0) is 18.2 Å². The number of nitrogens with zero attached hydrogens (tertiary/aromatic N) is 6. The standard InChI is InChI=1S/C17H15FN6S/c18-12-1-2-13-14(11-12)25-17(21-13)24-9-7-23(8-10-24)16-15-19-3-5-22(15)6-4-20-16/h1-6,11H,7-10H2. The minimum absolute atomic E-state index is 0.216. The highest BCUT2D eigenvalue weighted by Gasteiger charge is 2.22. The monoisotopic (exact) mass is 354 g/mol. The normalized spacial score (nSPS) is 15.4. The molecule has 0 unspecified atom stereocenters. The molecule has 1 aromatic carbocycles. The molecule has 1 aliphatic heterocycles. The Morgan fingerprint density at radius 2 is 1.72 bits per heavy atom. The van der Waals surface area contributed by atoms with Gasteiger partial charge in [0.25, 0.3) is 0 Å². The van der Waals surface area contributed by atoms with Crippen LogP contribution in [0.1, 0.15) is 0 Å². The second kappa shape index (κ2) is 5.66. The molecule has 8 heteroatoms. The molecule has 0 N–H and O–H groups in total. The lowest BCUT2D eigenvalue weighted by molar-refractivity contribution is 0.630. The molecule has 1 aliphatic rings. The van der Waals surface area contributed by atoms with Crippen LogP contribution in [0, 0.1) is 5.82 Å². The Morgan fingerprint density at radius 1 is 0.960 bits per heavy atom. The molecule has 3 aromatic heterocycles. The maximum Gasteiger partial charge on any atom is 0.186 e. The van der Waals surface area contributed by atoms with Crippen LogP contribution in [0.3, 0.4) is 0 Å². The smallest absolute Gasteiger partial charge is 0.186 e. The lowest BCUT2D eigenvalue weighted by atomic mass is 10.3. The molecule has 0 spiro atoms. The van der Waals surface area contributed by atoms with Crippen molar-refractivity contribution >= 4 is 38.2 Å². The first-order valence-corrected chi connectivity index (χ1v) is 8.93. The van der Waals surface area contributed by atoms with Crippen LogP contribution >= 0.6 is 11.3 Å². The number of hydrogen-bond acceptors (Lipinski definition) is 6. The molecule has 4 aromatic rings. The average molecular weight is 354 g/mol. The molecule has 4 heterocycles. The van der Waals surface area contributed by atoms with Gasteiger partial charge in [-0.1, -0.05) is 11.3 Å². The number of fused-ring (bicyclic) bond motifs is 2. The van der Waals surface area contributed by atoms with Crippen molar-refractivity contribution in [2.24, 2.45) is 0 Å². The summed E-state index contributed by atoms with van der Waals surface area (Å²) in [5.41, 5.74) is 1.74. The summed E-state index contributed by atoms with van der Waals surface area (Å²) in [6.07, 6.45) is 7.43. The molecular formula is C17H15FN6S. The van der Waals surface area contributed by atoms with Crippen LogP contribution in [0.2, 0.25) is 0 Å². The average Bonchev–Trinajstić information content (AvgIpc) is 3.27. The van der Waals surface area contributed by atoms with E-state index in [4.69, 9.17) is 0 Å². The van der Waals surface area contributed by atoms with E-state index in [1.54, 1.807) is 35.9 Å². The number of piperazine rings is 1. The molecule has 0 atom stereocenters. The lowest BCUT2D eigenvalue weighted by Gasteiger charge is -2.35. The maximum atomic E-state index is 13.4. The van der Waals surface area contributed by atoms with Crippen molar-refractivity contribution < 1.29 is 4.39 Å². The van der Waals surface area contributed by atoms with Gasteiger partial charge in [-0.25, -0.2) is 19.3 Å². The van der Waals surface area contributed by atoms with Gasteiger partial charge in [0.15, 0.2) is 16.6 Å². The van der Waals surface area contributed by atoms with E-state index < -0.39 is 0 Å². The van der Waals surface area contributed by atoms with Gasteiger partial charge < -0.3 is 14.2 Å². The summed E-state index contributed by atoms with van der Waals surface area (Å²) in [7, 11) is 0. The quantitative estimate of drug-likeness (QED) is 0.554. The van der Waals surface area contributed by atoms with E-state index in [9.17, 15) is 4.39 Å². The van der Waals surface area contributed by atoms with Gasteiger partial charge >= 0.3 is 0 Å². The number of rotatable bonds is 2. The van der Waals surface area contributed by atoms with E-state index in [1.165, 1.54) is 6.07 Å². The van der Waals surface area contributed by atoms with Crippen LogP contribution in [0.25, 0.3) is 15.9 Å². The van der Waals surface area contributed by atoms with Crippen LogP contribution in [0.4, 0.5) is 15.3 Å². The number of anilines is 2. The third kappa shape index (κ3) is 2.49. The summed E-state index contributed by atoms with van der Waals surface area (Å²) in [5.74, 6) is 0.699. The van der Waals surface area contributed by atoms with Crippen molar-refractivity contribution in [3.05, 3.63) is 48.8 Å². The summed E-state index contributed by atoms with van der Waals surface area (Å²) in [4.78, 5) is 18.1. The van der Waals surface area contributed by atoms with Crippen molar-refractivity contribution in [1.29, 1.82) is 0 Å². The van der Waals surface area contributed by atoms with Gasteiger partial charge in [0, 0.05) is 51.0 Å². The minimum atomic E-state index is -0.216. The fraction of sp³-hybridized carbons (Fsp3) is 0.235. The number of hydrogen-bond donors (Lipinski definition) is 0. The minimum Gasteiger partial charge on any atom is -0.350 e. The van der Waals surface area contributed by atoms with Gasteiger partial charge in [-0.15, -0.1) is 0 Å². The van der Waals surface area contributed by atoms with Gasteiger partial charge in [0.2, 0.25) is 0 Å². The first kappa shape index (κ1) is 14.6. The fourth-order valence-corrected chi connectivity index (χ4v) is 4.24. The van der Waals surface area contributed by atoms with Gasteiger partial charge in [0.1, 0.15) is 5.82 Å². The molecule has 1 fully saturated rings. The zero-order chi connectivity index (χ0) is 16.8. The van der Waals surface area contributed by atoms with E-state index in [2.05, 4.69) is 24.8 Å². The Morgan fingerprint density at radius 3 is 2.56 bits per heavy atom. The van der Waals surface area contributed by atoms with Crippen LogP contribution in [-0.2, 0) is 0 Å². The van der Waals surface area contributed by atoms with Gasteiger partial charge in [-0.3, -0.25) is 0 Å². The molecule has 0 saturated carbocycles. The van der Waals surface area contributed by atoms with Crippen molar-refractivity contribution in [1.82, 2.24) is 19.4 Å². The van der Waals surface area contributed by atoms with E-state index in [1.807, 2.05) is 16.8 Å². The van der Waals surface area contributed by atoms with Crippen molar-refractivity contribution in [2.45, 2.75) is 0 Å². The fourth-order valence-electron chi connectivity index (χ4n) is 3.19. The van der Waals surface area contributed by atoms with E-state index in [0.29, 0.717) is 0 Å². The summed E-state index contributed by atoms with van der Waals surface area (Å²) in [5, 5.41) is 0.951. The largest absolute Gasteiger partial charge is 0.350 e. The third-order valence-electron chi connectivity index (χ3n) is 4.48. The highest BCUT2D eigenvalue weighted by molar-refractivity contribution is 7.22. The third-order valence-corrected chi connectivity index (χ3v) is 5.56. The zero-order valence-electron chi connectivity index (χ0n) is 13.3. The summed E-state index contributed by atoms with van der Waals surface area (Å²) in [6.45, 7) is 3.41. The Balaban J connectivity index is 1.37. The predicted molar refractivity (Wildman–Crippen MR) is 97.0 cm³/mol. The number of thiazole rings is 1. The van der Waals surface area contributed by atoms with Crippen LogP contribution in [0.5, 0.6) is 0 Å². The maximum absolute atomic E-state index is 13.4. The van der Waals surface area contributed by atoms with E-state index in [-0.39, 0.29) is 5.82 Å². The summed E-state index contributed by atoms with van der Waals surface area (Å²) < 4.78 is 16.2. The first-order chi connectivity index (χ1) is 12.3. The molecule has 1 saturated heterocycles. The Kier molecular flexibility index (Phi) is 3.30. The van der Waals surface area contributed by atoms with Crippen LogP contribution < -0.4 is 9.80 Å². The topological polar surface area (TPSA) is 49.6 Å². The second-order valence-corrected chi connectivity index (χ2v) is 7.00. The van der Waals surface area contributed by atoms with Gasteiger partial charge in [-0.2, -0.15) is 0 Å². The molecular weight excluding hydrogens is 339 g/mol. The Labute approximate surface area is 147 Å². The number of imidazole rings is 1. The molecule has 0 aliphatic carbocycles. The second-order valence-electron chi connectivity index (χ2n) is 5.99. The highest BCUT2D eigenvalue weighted by Crippen LogP contribution is 2.30. The van der Waals surface area contributed by atoms with Gasteiger partial charge in [0.05, 0.1) is 10.2 Å². The van der Waals surface area contributed by atoms with E-state index in [0.717, 1.165) is 53.0 Å². The predicted octanol–water partition coefficient (Wildman–Crippen LogP) is 2.80. The highest BCUT2D eigenvalue weighted by atomic mass is 32.1. The molecule has 0 amide bonds. The van der Waals surface area contributed by atoms with E-state index >= 15 is 0 Å². The van der Waals surface area contributed by atoms with Crippen molar-refractivity contribution in [3.63, 3.8) is 0 Å². The SMILES string of the molecule is Fc1ccc2nc(N3CCN(c4nccn5ccnc45)CC3)sc2c1. The molecule has 126 valence electrons. The Hall–Kier alpha value is -2.74. The van der Waals surface area contributed by atoms with Crippen molar-refractivity contribution in [3.8, 4) is 0 Å². The summed E-state index contributed by atoms with van der Waals surface area (Å²) >= 11 is 1.54. The summed E-state index contributed by atoms with van der Waals surface area (Å²) in [6, 6.07) is 4.75. The Bertz CT molecular complexity index is 1050. The molecule has 0 bridgehead atoms. The van der Waals surface area contributed by atoms with Crippen LogP contribution in [-0.4, -0.2) is 45.5 Å². The van der Waals surface area contributed by atoms with Crippen LogP contribution in [0.15, 0.2) is 43.0 Å². The molecule has 0 radical (unpaired) electrons. The number of aromatic nitrogens is 4. The number of halogens is 1. The molecule has 25 heavy (non-hydrogen) atoms. The zero-order valence-corrected chi connectivity index (χ0v) is 14.2.